The van der Waals surface area contributed by atoms with Crippen molar-refractivity contribution in [3.05, 3.63) is 47.0 Å². The van der Waals surface area contributed by atoms with Crippen molar-refractivity contribution in [2.24, 2.45) is 0 Å². The van der Waals surface area contributed by atoms with Gasteiger partial charge in [0.25, 0.3) is 0 Å². The molecule has 0 bridgehead atoms. The SMILES string of the molecule is CCCC/C=C1\CCc2ccccc2C1. The molecule has 0 spiro atoms. The van der Waals surface area contributed by atoms with Crippen molar-refractivity contribution in [2.45, 2.75) is 45.4 Å². The highest BCUT2D eigenvalue weighted by Crippen LogP contribution is 2.25. The van der Waals surface area contributed by atoms with Crippen LogP contribution in [-0.2, 0) is 12.8 Å². The van der Waals surface area contributed by atoms with Crippen LogP contribution in [0.4, 0.5) is 0 Å². The lowest BCUT2D eigenvalue weighted by atomic mass is 9.87. The molecule has 0 saturated carbocycles. The number of allylic oxidation sites excluding steroid dienone is 2. The fraction of sp³-hybridized carbons (Fsp3) is 0.467. The lowest BCUT2D eigenvalue weighted by molar-refractivity contribution is 0.782. The van der Waals surface area contributed by atoms with E-state index in [1.165, 1.54) is 38.5 Å². The van der Waals surface area contributed by atoms with Crippen LogP contribution >= 0.6 is 0 Å². The Balaban J connectivity index is 2.02. The van der Waals surface area contributed by atoms with Gasteiger partial charge in [-0.15, -0.1) is 0 Å². The van der Waals surface area contributed by atoms with Crippen LogP contribution in [0.25, 0.3) is 0 Å². The number of benzene rings is 1. The molecule has 0 N–H and O–H groups in total. The molecule has 1 aliphatic carbocycles. The average Bonchev–Trinajstić information content (AvgIpc) is 2.29. The van der Waals surface area contributed by atoms with E-state index >= 15 is 0 Å². The number of aryl methyl sites for hydroxylation is 1. The van der Waals surface area contributed by atoms with E-state index in [1.807, 2.05) is 0 Å². The lowest BCUT2D eigenvalue weighted by Crippen LogP contribution is -2.05. The Morgan fingerprint density at radius 2 is 1.93 bits per heavy atom. The normalized spacial score (nSPS) is 17.8. The molecule has 1 aliphatic rings. The Hall–Kier alpha value is -1.04. The lowest BCUT2D eigenvalue weighted by Gasteiger charge is -2.18. The van der Waals surface area contributed by atoms with Gasteiger partial charge in [0, 0.05) is 0 Å². The van der Waals surface area contributed by atoms with Crippen LogP contribution in [0.15, 0.2) is 35.9 Å². The Labute approximate surface area is 93.0 Å². The van der Waals surface area contributed by atoms with Crippen molar-refractivity contribution in [1.29, 1.82) is 0 Å². The van der Waals surface area contributed by atoms with Gasteiger partial charge in [-0.05, 0) is 36.8 Å². The zero-order valence-electron chi connectivity index (χ0n) is 9.63. The van der Waals surface area contributed by atoms with Crippen molar-refractivity contribution in [1.82, 2.24) is 0 Å². The molecule has 0 fully saturated rings. The largest absolute Gasteiger partial charge is 0.0850 e. The maximum absolute atomic E-state index is 2.47. The first-order valence-corrected chi connectivity index (χ1v) is 6.15. The fourth-order valence-electron chi connectivity index (χ4n) is 2.29. The van der Waals surface area contributed by atoms with E-state index in [0.29, 0.717) is 0 Å². The van der Waals surface area contributed by atoms with E-state index in [1.54, 1.807) is 16.7 Å². The first-order chi connectivity index (χ1) is 7.40. The molecule has 0 aromatic heterocycles. The first-order valence-electron chi connectivity index (χ1n) is 6.15. The third-order valence-electron chi connectivity index (χ3n) is 3.24. The standard InChI is InChI=1S/C15H20/c1-2-3-4-7-13-10-11-14-8-5-6-9-15(14)12-13/h5-9H,2-4,10-12H2,1H3/b13-7+. The highest BCUT2D eigenvalue weighted by Gasteiger charge is 2.11. The second kappa shape index (κ2) is 5.16. The third-order valence-corrected chi connectivity index (χ3v) is 3.24. The Morgan fingerprint density at radius 1 is 1.13 bits per heavy atom. The molecule has 0 radical (unpaired) electrons. The van der Waals surface area contributed by atoms with Crippen LogP contribution in [0.5, 0.6) is 0 Å². The number of unbranched alkanes of at least 4 members (excludes halogenated alkanes) is 2. The number of fused-ring (bicyclic) bond motifs is 1. The molecule has 0 heterocycles. The Morgan fingerprint density at radius 3 is 2.73 bits per heavy atom. The predicted molar refractivity (Wildman–Crippen MR) is 66.1 cm³/mol. The topological polar surface area (TPSA) is 0 Å². The molecular formula is C15H20. The first kappa shape index (κ1) is 10.5. The molecule has 0 heteroatoms. The van der Waals surface area contributed by atoms with Crippen molar-refractivity contribution in [2.75, 3.05) is 0 Å². The van der Waals surface area contributed by atoms with Crippen molar-refractivity contribution in [3.63, 3.8) is 0 Å². The van der Waals surface area contributed by atoms with Gasteiger partial charge in [0.15, 0.2) is 0 Å². The summed E-state index contributed by atoms with van der Waals surface area (Å²) in [6.45, 7) is 2.26. The second-order valence-electron chi connectivity index (χ2n) is 4.45. The van der Waals surface area contributed by atoms with E-state index in [9.17, 15) is 0 Å². The van der Waals surface area contributed by atoms with Crippen molar-refractivity contribution < 1.29 is 0 Å². The minimum absolute atomic E-state index is 1.19. The molecule has 1 aromatic carbocycles. The molecule has 2 rings (SSSR count). The summed E-state index contributed by atoms with van der Waals surface area (Å²) in [4.78, 5) is 0. The van der Waals surface area contributed by atoms with E-state index in [0.717, 1.165) is 0 Å². The van der Waals surface area contributed by atoms with Crippen LogP contribution in [0.3, 0.4) is 0 Å². The molecule has 0 saturated heterocycles. The third kappa shape index (κ3) is 2.71. The summed E-state index contributed by atoms with van der Waals surface area (Å²) < 4.78 is 0. The van der Waals surface area contributed by atoms with E-state index in [2.05, 4.69) is 37.3 Å². The zero-order valence-corrected chi connectivity index (χ0v) is 9.63. The number of hydrogen-bond donors (Lipinski definition) is 0. The summed E-state index contributed by atoms with van der Waals surface area (Å²) in [7, 11) is 0. The smallest absolute Gasteiger partial charge is 0.00643 e. The van der Waals surface area contributed by atoms with Gasteiger partial charge in [-0.3, -0.25) is 0 Å². The molecule has 15 heavy (non-hydrogen) atoms. The summed E-state index contributed by atoms with van der Waals surface area (Å²) in [5, 5.41) is 0. The monoisotopic (exact) mass is 200 g/mol. The van der Waals surface area contributed by atoms with Gasteiger partial charge in [-0.25, -0.2) is 0 Å². The fourth-order valence-corrected chi connectivity index (χ4v) is 2.29. The molecule has 0 atom stereocenters. The van der Waals surface area contributed by atoms with Gasteiger partial charge in [0.2, 0.25) is 0 Å². The Bertz CT molecular complexity index is 347. The van der Waals surface area contributed by atoms with Crippen LogP contribution in [-0.4, -0.2) is 0 Å². The molecule has 0 nitrogen and oxygen atoms in total. The van der Waals surface area contributed by atoms with Gasteiger partial charge >= 0.3 is 0 Å². The van der Waals surface area contributed by atoms with Gasteiger partial charge in [-0.2, -0.15) is 0 Å². The maximum atomic E-state index is 2.47. The van der Waals surface area contributed by atoms with Gasteiger partial charge < -0.3 is 0 Å². The van der Waals surface area contributed by atoms with Gasteiger partial charge in [-0.1, -0.05) is 55.7 Å². The van der Waals surface area contributed by atoms with E-state index < -0.39 is 0 Å². The highest BCUT2D eigenvalue weighted by molar-refractivity contribution is 5.35. The molecule has 0 amide bonds. The zero-order chi connectivity index (χ0) is 10.5. The van der Waals surface area contributed by atoms with Crippen LogP contribution in [0.2, 0.25) is 0 Å². The second-order valence-corrected chi connectivity index (χ2v) is 4.45. The summed E-state index contributed by atoms with van der Waals surface area (Å²) >= 11 is 0. The molecule has 80 valence electrons. The molecule has 1 aromatic rings. The van der Waals surface area contributed by atoms with Crippen molar-refractivity contribution in [3.8, 4) is 0 Å². The summed E-state index contributed by atoms with van der Waals surface area (Å²) in [6.07, 6.45) is 10.1. The molecule has 0 unspecified atom stereocenters. The van der Waals surface area contributed by atoms with E-state index in [4.69, 9.17) is 0 Å². The predicted octanol–water partition coefficient (Wildman–Crippen LogP) is 4.29. The van der Waals surface area contributed by atoms with Crippen LogP contribution < -0.4 is 0 Å². The average molecular weight is 200 g/mol. The van der Waals surface area contributed by atoms with E-state index in [-0.39, 0.29) is 0 Å². The highest BCUT2D eigenvalue weighted by atomic mass is 14.2. The Kier molecular flexibility index (Phi) is 3.60. The van der Waals surface area contributed by atoms with Crippen molar-refractivity contribution >= 4 is 0 Å². The minimum atomic E-state index is 1.19. The molecular weight excluding hydrogens is 180 g/mol. The van der Waals surface area contributed by atoms with Crippen LogP contribution in [0, 0.1) is 0 Å². The van der Waals surface area contributed by atoms with Gasteiger partial charge in [0.1, 0.15) is 0 Å². The quantitative estimate of drug-likeness (QED) is 0.504. The summed E-state index contributed by atoms with van der Waals surface area (Å²) in [5.41, 5.74) is 4.76. The minimum Gasteiger partial charge on any atom is -0.0850 e. The van der Waals surface area contributed by atoms with Gasteiger partial charge in [0.05, 0.1) is 0 Å². The molecule has 0 aliphatic heterocycles. The number of rotatable bonds is 3. The van der Waals surface area contributed by atoms with Crippen LogP contribution in [0.1, 0.15) is 43.7 Å². The summed E-state index contributed by atoms with van der Waals surface area (Å²) in [6, 6.07) is 8.87. The summed E-state index contributed by atoms with van der Waals surface area (Å²) in [5.74, 6) is 0. The maximum Gasteiger partial charge on any atom is -0.00643 e. The number of hydrogen-bond acceptors (Lipinski definition) is 0.